The topological polar surface area (TPSA) is 41.1 Å². The van der Waals surface area contributed by atoms with Gasteiger partial charge in [-0.3, -0.25) is 10.1 Å². The lowest BCUT2D eigenvalue weighted by molar-refractivity contribution is 0.0977. The van der Waals surface area contributed by atoms with Crippen LogP contribution in [0.4, 0.5) is 5.69 Å². The molecule has 0 radical (unpaired) electrons. The average molecular weight is 353 g/mol. The molecule has 0 heterocycles. The first-order valence-electron chi connectivity index (χ1n) is 6.51. The predicted octanol–water partition coefficient (Wildman–Crippen LogP) is 4.74. The van der Waals surface area contributed by atoms with Crippen LogP contribution in [0.25, 0.3) is 0 Å². The summed E-state index contributed by atoms with van der Waals surface area (Å²) in [7, 11) is 0. The van der Waals surface area contributed by atoms with Gasteiger partial charge in [-0.25, -0.2) is 0 Å². The molecule has 0 aliphatic rings. The lowest BCUT2D eigenvalue weighted by Gasteiger charge is -2.12. The van der Waals surface area contributed by atoms with Crippen LogP contribution in [-0.4, -0.2) is 11.0 Å². The molecule has 6 heteroatoms. The minimum atomic E-state index is -0.369. The van der Waals surface area contributed by atoms with Crippen LogP contribution in [0.1, 0.15) is 21.5 Å². The highest BCUT2D eigenvalue weighted by molar-refractivity contribution is 7.80. The highest BCUT2D eigenvalue weighted by Crippen LogP contribution is 2.19. The van der Waals surface area contributed by atoms with E-state index in [1.165, 1.54) is 12.1 Å². The van der Waals surface area contributed by atoms with Crippen LogP contribution in [-0.2, 0) is 0 Å². The SMILES string of the molecule is Cc1ccc(NC(=S)NC(=O)c2cc(Cl)cc(Cl)c2)c(C)c1. The average Bonchev–Trinajstić information content (AvgIpc) is 2.40. The summed E-state index contributed by atoms with van der Waals surface area (Å²) in [5.74, 6) is -0.369. The molecule has 3 nitrogen and oxygen atoms in total. The molecule has 0 atom stereocenters. The predicted molar refractivity (Wildman–Crippen MR) is 96.1 cm³/mol. The highest BCUT2D eigenvalue weighted by Gasteiger charge is 2.10. The van der Waals surface area contributed by atoms with Crippen LogP contribution in [0, 0.1) is 13.8 Å². The Morgan fingerprint density at radius 3 is 2.27 bits per heavy atom. The van der Waals surface area contributed by atoms with Crippen LogP contribution in [0.3, 0.4) is 0 Å². The summed E-state index contributed by atoms with van der Waals surface area (Å²) in [6.45, 7) is 3.98. The summed E-state index contributed by atoms with van der Waals surface area (Å²) in [4.78, 5) is 12.1. The molecular weight excluding hydrogens is 339 g/mol. The van der Waals surface area contributed by atoms with Gasteiger partial charge in [-0.1, -0.05) is 40.9 Å². The van der Waals surface area contributed by atoms with E-state index in [2.05, 4.69) is 10.6 Å². The molecule has 0 aliphatic carbocycles. The molecule has 1 amide bonds. The van der Waals surface area contributed by atoms with Crippen molar-refractivity contribution in [2.45, 2.75) is 13.8 Å². The Balaban J connectivity index is 2.06. The van der Waals surface area contributed by atoms with E-state index in [9.17, 15) is 4.79 Å². The Morgan fingerprint density at radius 2 is 1.68 bits per heavy atom. The second-order valence-corrected chi connectivity index (χ2v) is 6.17. The molecule has 2 aromatic rings. The lowest BCUT2D eigenvalue weighted by atomic mass is 10.1. The third-order valence-electron chi connectivity index (χ3n) is 2.98. The number of benzene rings is 2. The molecule has 0 saturated heterocycles. The quantitative estimate of drug-likeness (QED) is 0.767. The number of carbonyl (C=O) groups excluding carboxylic acids is 1. The molecule has 0 aliphatic heterocycles. The second-order valence-electron chi connectivity index (χ2n) is 4.88. The third-order valence-corrected chi connectivity index (χ3v) is 3.62. The summed E-state index contributed by atoms with van der Waals surface area (Å²) in [6, 6.07) is 10.5. The monoisotopic (exact) mass is 352 g/mol. The summed E-state index contributed by atoms with van der Waals surface area (Å²) < 4.78 is 0. The first kappa shape index (κ1) is 16.7. The van der Waals surface area contributed by atoms with Crippen molar-refractivity contribution >= 4 is 52.1 Å². The van der Waals surface area contributed by atoms with E-state index in [4.69, 9.17) is 35.4 Å². The van der Waals surface area contributed by atoms with E-state index >= 15 is 0 Å². The maximum atomic E-state index is 12.1. The van der Waals surface area contributed by atoms with Gasteiger partial charge in [-0.15, -0.1) is 0 Å². The molecule has 0 saturated carbocycles. The number of anilines is 1. The fourth-order valence-electron chi connectivity index (χ4n) is 1.97. The van der Waals surface area contributed by atoms with Crippen LogP contribution in [0.2, 0.25) is 10.0 Å². The van der Waals surface area contributed by atoms with E-state index in [1.54, 1.807) is 6.07 Å². The number of nitrogens with one attached hydrogen (secondary N) is 2. The smallest absolute Gasteiger partial charge is 0.257 e. The maximum Gasteiger partial charge on any atom is 0.257 e. The number of amides is 1. The van der Waals surface area contributed by atoms with Crippen molar-refractivity contribution in [2.75, 3.05) is 5.32 Å². The molecule has 2 rings (SSSR count). The number of hydrogen-bond acceptors (Lipinski definition) is 2. The maximum absolute atomic E-state index is 12.1. The van der Waals surface area contributed by atoms with Crippen molar-refractivity contribution in [3.8, 4) is 0 Å². The van der Waals surface area contributed by atoms with Crippen LogP contribution in [0.15, 0.2) is 36.4 Å². The zero-order chi connectivity index (χ0) is 16.3. The minimum absolute atomic E-state index is 0.216. The second kappa shape index (κ2) is 7.09. The van der Waals surface area contributed by atoms with Crippen LogP contribution in [0.5, 0.6) is 0 Å². The molecule has 0 aromatic heterocycles. The van der Waals surface area contributed by atoms with Gasteiger partial charge in [0.15, 0.2) is 5.11 Å². The Bertz CT molecular complexity index is 727. The molecule has 0 unspecified atom stereocenters. The molecule has 2 N–H and O–H groups in total. The Kier molecular flexibility index (Phi) is 5.40. The van der Waals surface area contributed by atoms with Gasteiger partial charge in [0, 0.05) is 21.3 Å². The van der Waals surface area contributed by atoms with E-state index in [-0.39, 0.29) is 11.0 Å². The number of hydrogen-bond donors (Lipinski definition) is 2. The van der Waals surface area contributed by atoms with Gasteiger partial charge in [0.2, 0.25) is 0 Å². The molecule has 22 heavy (non-hydrogen) atoms. The van der Waals surface area contributed by atoms with Gasteiger partial charge in [-0.2, -0.15) is 0 Å². The Hall–Kier alpha value is -1.62. The van der Waals surface area contributed by atoms with E-state index in [0.717, 1.165) is 16.8 Å². The normalized spacial score (nSPS) is 10.2. The van der Waals surface area contributed by atoms with Crippen LogP contribution >= 0.6 is 35.4 Å². The van der Waals surface area contributed by atoms with Crippen molar-refractivity contribution in [3.05, 3.63) is 63.1 Å². The number of carbonyl (C=O) groups is 1. The third kappa shape index (κ3) is 4.44. The fourth-order valence-corrected chi connectivity index (χ4v) is 2.70. The summed E-state index contributed by atoms with van der Waals surface area (Å²) in [6.07, 6.45) is 0. The van der Waals surface area contributed by atoms with E-state index in [0.29, 0.717) is 15.6 Å². The Morgan fingerprint density at radius 1 is 1.05 bits per heavy atom. The van der Waals surface area contributed by atoms with Gasteiger partial charge in [0.25, 0.3) is 5.91 Å². The zero-order valence-corrected chi connectivity index (χ0v) is 14.4. The van der Waals surface area contributed by atoms with Crippen molar-refractivity contribution in [3.63, 3.8) is 0 Å². The summed E-state index contributed by atoms with van der Waals surface area (Å²) in [5.41, 5.74) is 3.40. The molecule has 2 aromatic carbocycles. The van der Waals surface area contributed by atoms with Crippen LogP contribution < -0.4 is 10.6 Å². The van der Waals surface area contributed by atoms with Gasteiger partial charge < -0.3 is 5.32 Å². The van der Waals surface area contributed by atoms with Gasteiger partial charge >= 0.3 is 0 Å². The first-order chi connectivity index (χ1) is 10.3. The molecular formula is C16H14Cl2N2OS. The summed E-state index contributed by atoms with van der Waals surface area (Å²) >= 11 is 16.9. The highest BCUT2D eigenvalue weighted by atomic mass is 35.5. The fraction of sp³-hybridized carbons (Fsp3) is 0.125. The Labute approximate surface area is 144 Å². The lowest BCUT2D eigenvalue weighted by Crippen LogP contribution is -2.34. The van der Waals surface area contributed by atoms with Crippen molar-refractivity contribution in [2.24, 2.45) is 0 Å². The molecule has 0 bridgehead atoms. The van der Waals surface area contributed by atoms with Gasteiger partial charge in [0.1, 0.15) is 0 Å². The van der Waals surface area contributed by atoms with Gasteiger partial charge in [-0.05, 0) is 55.9 Å². The van der Waals surface area contributed by atoms with Crippen molar-refractivity contribution in [1.29, 1.82) is 0 Å². The van der Waals surface area contributed by atoms with Crippen molar-refractivity contribution in [1.82, 2.24) is 5.32 Å². The van der Waals surface area contributed by atoms with Gasteiger partial charge in [0.05, 0.1) is 0 Å². The number of aryl methyl sites for hydroxylation is 2. The zero-order valence-electron chi connectivity index (χ0n) is 12.0. The molecule has 0 fully saturated rings. The van der Waals surface area contributed by atoms with Crippen molar-refractivity contribution < 1.29 is 4.79 Å². The molecule has 114 valence electrons. The standard InChI is InChI=1S/C16H14Cl2N2OS/c1-9-3-4-14(10(2)5-9)19-16(22)20-15(21)11-6-12(17)8-13(18)7-11/h3-8H,1-2H3,(H2,19,20,21,22). The van der Waals surface area contributed by atoms with E-state index < -0.39 is 0 Å². The number of halogens is 2. The number of thiocarbonyl (C=S) groups is 1. The van der Waals surface area contributed by atoms with E-state index in [1.807, 2.05) is 32.0 Å². The summed E-state index contributed by atoms with van der Waals surface area (Å²) in [5, 5.41) is 6.61. The first-order valence-corrected chi connectivity index (χ1v) is 7.67. The molecule has 0 spiro atoms. The number of rotatable bonds is 2. The minimum Gasteiger partial charge on any atom is -0.332 e. The largest absolute Gasteiger partial charge is 0.332 e.